The summed E-state index contributed by atoms with van der Waals surface area (Å²) in [5.41, 5.74) is 2.33. The summed E-state index contributed by atoms with van der Waals surface area (Å²) < 4.78 is 10.8. The van der Waals surface area contributed by atoms with Gasteiger partial charge in [-0.25, -0.2) is 0 Å². The zero-order valence-electron chi connectivity index (χ0n) is 18.9. The molecule has 1 atom stereocenters. The number of rotatable bonds is 11. The molecule has 0 aliphatic carbocycles. The van der Waals surface area contributed by atoms with Gasteiger partial charge < -0.3 is 25.4 Å². The Morgan fingerprint density at radius 3 is 2.52 bits per heavy atom. The van der Waals surface area contributed by atoms with Crippen molar-refractivity contribution < 1.29 is 14.3 Å². The normalized spacial score (nSPS) is 12.1. The van der Waals surface area contributed by atoms with Crippen LogP contribution in [0.4, 0.5) is 0 Å². The molecule has 31 heavy (non-hydrogen) atoms. The predicted molar refractivity (Wildman–Crippen MR) is 125 cm³/mol. The van der Waals surface area contributed by atoms with E-state index in [0.717, 1.165) is 30.2 Å². The molecule has 0 fully saturated rings. The summed E-state index contributed by atoms with van der Waals surface area (Å²) in [5, 5.41) is 9.39. The van der Waals surface area contributed by atoms with Crippen LogP contribution < -0.4 is 25.4 Å². The van der Waals surface area contributed by atoms with E-state index in [4.69, 9.17) is 9.47 Å². The largest absolute Gasteiger partial charge is 0.497 e. The molecule has 0 saturated carbocycles. The number of amides is 1. The van der Waals surface area contributed by atoms with Crippen molar-refractivity contribution in [3.05, 3.63) is 59.7 Å². The summed E-state index contributed by atoms with van der Waals surface area (Å²) in [6, 6.07) is 15.9. The predicted octanol–water partition coefficient (Wildman–Crippen LogP) is 3.07. The minimum Gasteiger partial charge on any atom is -0.497 e. The maximum absolute atomic E-state index is 11.5. The molecular formula is C24H34N4O3. The Kier molecular flexibility index (Phi) is 10.2. The Hall–Kier alpha value is -3.22. The minimum atomic E-state index is -0.125. The fraction of sp³-hybridized carbons (Fsp3) is 0.417. The highest BCUT2D eigenvalue weighted by Gasteiger charge is 2.07. The lowest BCUT2D eigenvalue weighted by molar-refractivity contribution is -0.122. The molecule has 168 valence electrons. The molecular weight excluding hydrogens is 392 g/mol. The smallest absolute Gasteiger partial charge is 0.257 e. The van der Waals surface area contributed by atoms with E-state index in [9.17, 15) is 4.79 Å². The monoisotopic (exact) mass is 426 g/mol. The SMILES string of the molecule is CCNC(=O)COc1cccc(CNC(=NC)NCCC(C)c2ccc(OC)cc2)c1. The molecule has 1 amide bonds. The maximum Gasteiger partial charge on any atom is 0.257 e. The van der Waals surface area contributed by atoms with Gasteiger partial charge in [-0.1, -0.05) is 31.2 Å². The average molecular weight is 427 g/mol. The van der Waals surface area contributed by atoms with Crippen LogP contribution in [0.15, 0.2) is 53.5 Å². The van der Waals surface area contributed by atoms with Gasteiger partial charge in [0, 0.05) is 26.7 Å². The van der Waals surface area contributed by atoms with E-state index in [1.165, 1.54) is 5.56 Å². The molecule has 1 unspecified atom stereocenters. The van der Waals surface area contributed by atoms with Crippen molar-refractivity contribution >= 4 is 11.9 Å². The summed E-state index contributed by atoms with van der Waals surface area (Å²) in [7, 11) is 3.43. The van der Waals surface area contributed by atoms with Gasteiger partial charge in [0.05, 0.1) is 7.11 Å². The highest BCUT2D eigenvalue weighted by molar-refractivity contribution is 5.79. The van der Waals surface area contributed by atoms with Crippen LogP contribution in [0.25, 0.3) is 0 Å². The Bertz CT molecular complexity index is 837. The third-order valence-corrected chi connectivity index (χ3v) is 4.88. The molecule has 3 N–H and O–H groups in total. The Balaban J connectivity index is 1.76. The van der Waals surface area contributed by atoms with Crippen molar-refractivity contribution in [2.45, 2.75) is 32.7 Å². The van der Waals surface area contributed by atoms with Gasteiger partial charge in [0.1, 0.15) is 11.5 Å². The lowest BCUT2D eigenvalue weighted by atomic mass is 9.98. The van der Waals surface area contributed by atoms with Gasteiger partial charge in [-0.05, 0) is 54.7 Å². The van der Waals surface area contributed by atoms with Gasteiger partial charge in [0.15, 0.2) is 12.6 Å². The van der Waals surface area contributed by atoms with Gasteiger partial charge in [-0.3, -0.25) is 9.79 Å². The summed E-state index contributed by atoms with van der Waals surface area (Å²) in [4.78, 5) is 15.8. The number of ether oxygens (including phenoxy) is 2. The number of nitrogens with one attached hydrogen (secondary N) is 3. The number of benzene rings is 2. The standard InChI is InChI=1S/C24H34N4O3/c1-5-26-23(29)17-31-22-8-6-7-19(15-22)16-28-24(25-3)27-14-13-18(2)20-9-11-21(30-4)12-10-20/h6-12,15,18H,5,13-14,16-17H2,1-4H3,(H,26,29)(H2,25,27,28). The number of nitrogens with zero attached hydrogens (tertiary/aromatic N) is 1. The van der Waals surface area contributed by atoms with Crippen molar-refractivity contribution in [2.75, 3.05) is 33.9 Å². The maximum atomic E-state index is 11.5. The number of hydrogen-bond donors (Lipinski definition) is 3. The van der Waals surface area contributed by atoms with Crippen LogP contribution in [0.3, 0.4) is 0 Å². The fourth-order valence-electron chi connectivity index (χ4n) is 3.05. The van der Waals surface area contributed by atoms with Gasteiger partial charge in [-0.2, -0.15) is 0 Å². The molecule has 0 saturated heterocycles. The molecule has 2 aromatic rings. The second kappa shape index (κ2) is 13.2. The van der Waals surface area contributed by atoms with Crippen LogP contribution in [-0.4, -0.2) is 45.7 Å². The van der Waals surface area contributed by atoms with Crippen LogP contribution in [0.2, 0.25) is 0 Å². The summed E-state index contributed by atoms with van der Waals surface area (Å²) in [5.74, 6) is 2.59. The number of carbonyl (C=O) groups is 1. The van der Waals surface area contributed by atoms with E-state index in [-0.39, 0.29) is 12.5 Å². The summed E-state index contributed by atoms with van der Waals surface area (Å²) >= 11 is 0. The molecule has 7 heteroatoms. The van der Waals surface area contributed by atoms with Crippen LogP contribution in [0, 0.1) is 0 Å². The van der Waals surface area contributed by atoms with Crippen molar-refractivity contribution in [3.8, 4) is 11.5 Å². The lowest BCUT2D eigenvalue weighted by Gasteiger charge is -2.16. The van der Waals surface area contributed by atoms with Gasteiger partial charge >= 0.3 is 0 Å². The third kappa shape index (κ3) is 8.58. The number of carbonyl (C=O) groups excluding carboxylic acids is 1. The van der Waals surface area contributed by atoms with E-state index in [1.54, 1.807) is 14.2 Å². The zero-order chi connectivity index (χ0) is 22.5. The van der Waals surface area contributed by atoms with Crippen LogP contribution in [0.5, 0.6) is 11.5 Å². The Morgan fingerprint density at radius 2 is 1.84 bits per heavy atom. The van der Waals surface area contributed by atoms with Crippen LogP contribution >= 0.6 is 0 Å². The molecule has 0 aliphatic rings. The van der Waals surface area contributed by atoms with Crippen molar-refractivity contribution in [1.29, 1.82) is 0 Å². The molecule has 2 aromatic carbocycles. The first-order chi connectivity index (χ1) is 15.0. The van der Waals surface area contributed by atoms with Crippen LogP contribution in [0.1, 0.15) is 37.3 Å². The molecule has 0 spiro atoms. The first-order valence-corrected chi connectivity index (χ1v) is 10.6. The first kappa shape index (κ1) is 24.1. The number of guanidine groups is 1. The molecule has 2 rings (SSSR count). The van der Waals surface area contributed by atoms with Gasteiger partial charge in [-0.15, -0.1) is 0 Å². The van der Waals surface area contributed by atoms with Crippen molar-refractivity contribution in [1.82, 2.24) is 16.0 Å². The average Bonchev–Trinajstić information content (AvgIpc) is 2.80. The summed E-state index contributed by atoms with van der Waals surface area (Å²) in [6.07, 6.45) is 0.982. The van der Waals surface area contributed by atoms with E-state index in [0.29, 0.717) is 24.8 Å². The fourth-order valence-corrected chi connectivity index (χ4v) is 3.05. The lowest BCUT2D eigenvalue weighted by Crippen LogP contribution is -2.37. The second-order valence-electron chi connectivity index (χ2n) is 7.21. The molecule has 0 heterocycles. The van der Waals surface area contributed by atoms with E-state index < -0.39 is 0 Å². The van der Waals surface area contributed by atoms with E-state index in [2.05, 4.69) is 40.0 Å². The van der Waals surface area contributed by atoms with Gasteiger partial charge in [0.25, 0.3) is 5.91 Å². The Morgan fingerprint density at radius 1 is 1.06 bits per heavy atom. The topological polar surface area (TPSA) is 84.0 Å². The summed E-state index contributed by atoms with van der Waals surface area (Å²) in [6.45, 7) is 6.11. The number of methoxy groups -OCH3 is 1. The van der Waals surface area contributed by atoms with Crippen molar-refractivity contribution in [2.24, 2.45) is 4.99 Å². The minimum absolute atomic E-state index is 0.0142. The number of hydrogen-bond acceptors (Lipinski definition) is 4. The third-order valence-electron chi connectivity index (χ3n) is 4.88. The molecule has 7 nitrogen and oxygen atoms in total. The van der Waals surface area contributed by atoms with E-state index >= 15 is 0 Å². The molecule has 0 aromatic heterocycles. The zero-order valence-corrected chi connectivity index (χ0v) is 18.9. The highest BCUT2D eigenvalue weighted by atomic mass is 16.5. The van der Waals surface area contributed by atoms with Gasteiger partial charge in [0.2, 0.25) is 0 Å². The highest BCUT2D eigenvalue weighted by Crippen LogP contribution is 2.21. The Labute approximate surface area is 185 Å². The van der Waals surface area contributed by atoms with Crippen molar-refractivity contribution in [3.63, 3.8) is 0 Å². The quantitative estimate of drug-likeness (QED) is 0.380. The van der Waals surface area contributed by atoms with E-state index in [1.807, 2.05) is 43.3 Å². The molecule has 0 bridgehead atoms. The second-order valence-corrected chi connectivity index (χ2v) is 7.21. The molecule has 0 radical (unpaired) electrons. The van der Waals surface area contributed by atoms with Crippen LogP contribution in [-0.2, 0) is 11.3 Å². The number of likely N-dealkylation sites (N-methyl/N-ethyl adjacent to an activating group) is 1. The number of aliphatic imine (C=N–C) groups is 1. The molecule has 0 aliphatic heterocycles. The first-order valence-electron chi connectivity index (χ1n) is 10.6.